The molecule has 0 aliphatic carbocycles. The molecule has 1 N–H and O–H groups in total. The molecule has 1 aromatic rings. The van der Waals surface area contributed by atoms with E-state index in [1.54, 1.807) is 7.11 Å². The van der Waals surface area contributed by atoms with Gasteiger partial charge in [-0.15, -0.1) is 11.3 Å². The largest absolute Gasteiger partial charge is 0.385 e. The van der Waals surface area contributed by atoms with Gasteiger partial charge in [0.2, 0.25) is 0 Å². The van der Waals surface area contributed by atoms with Crippen molar-refractivity contribution in [1.82, 2.24) is 5.32 Å². The van der Waals surface area contributed by atoms with Crippen LogP contribution in [0.1, 0.15) is 36.4 Å². The minimum Gasteiger partial charge on any atom is -0.385 e. The van der Waals surface area contributed by atoms with E-state index < -0.39 is 0 Å². The number of hydrogen-bond acceptors (Lipinski definition) is 3. The van der Waals surface area contributed by atoms with Gasteiger partial charge in [-0.25, -0.2) is 0 Å². The highest BCUT2D eigenvalue weighted by molar-refractivity contribution is 7.11. The summed E-state index contributed by atoms with van der Waals surface area (Å²) in [4.78, 5) is 2.98. The van der Waals surface area contributed by atoms with Gasteiger partial charge in [0.25, 0.3) is 0 Å². The van der Waals surface area contributed by atoms with Crippen LogP contribution in [0.15, 0.2) is 12.1 Å². The second kappa shape index (κ2) is 8.67. The Hall–Kier alpha value is -0.380. The van der Waals surface area contributed by atoms with Gasteiger partial charge in [-0.05, 0) is 44.4 Å². The molecule has 1 rings (SSSR count). The third-order valence-electron chi connectivity index (χ3n) is 2.87. The van der Waals surface area contributed by atoms with Crippen LogP contribution in [-0.4, -0.2) is 26.3 Å². The topological polar surface area (TPSA) is 21.3 Å². The first-order chi connectivity index (χ1) is 8.30. The highest BCUT2D eigenvalue weighted by atomic mass is 32.1. The maximum Gasteiger partial charge on any atom is 0.0477 e. The van der Waals surface area contributed by atoms with Crippen LogP contribution < -0.4 is 5.32 Å². The Morgan fingerprint density at radius 1 is 1.29 bits per heavy atom. The van der Waals surface area contributed by atoms with Crippen LogP contribution in [0.3, 0.4) is 0 Å². The van der Waals surface area contributed by atoms with E-state index in [2.05, 4.69) is 31.3 Å². The lowest BCUT2D eigenvalue weighted by Gasteiger charge is -2.17. The van der Waals surface area contributed by atoms with Crippen LogP contribution in [0, 0.1) is 0 Å². The molecule has 0 fully saturated rings. The molecule has 1 unspecified atom stereocenters. The zero-order valence-corrected chi connectivity index (χ0v) is 12.1. The van der Waals surface area contributed by atoms with Crippen LogP contribution in [0.4, 0.5) is 0 Å². The lowest BCUT2D eigenvalue weighted by molar-refractivity contribution is 0.182. The average molecular weight is 255 g/mol. The molecule has 98 valence electrons. The first-order valence-corrected chi connectivity index (χ1v) is 7.41. The SMILES string of the molecule is CCCNC(CCOC)Cc1ccc(CC)s1. The summed E-state index contributed by atoms with van der Waals surface area (Å²) in [6.07, 6.45) is 4.56. The van der Waals surface area contributed by atoms with Gasteiger partial charge in [0.05, 0.1) is 0 Å². The van der Waals surface area contributed by atoms with E-state index in [0.29, 0.717) is 6.04 Å². The molecule has 0 bridgehead atoms. The van der Waals surface area contributed by atoms with Crippen molar-refractivity contribution < 1.29 is 4.74 Å². The molecule has 3 heteroatoms. The molecular formula is C14H25NOS. The van der Waals surface area contributed by atoms with E-state index >= 15 is 0 Å². The van der Waals surface area contributed by atoms with Crippen molar-refractivity contribution in [1.29, 1.82) is 0 Å². The maximum absolute atomic E-state index is 5.18. The smallest absolute Gasteiger partial charge is 0.0477 e. The predicted molar refractivity (Wildman–Crippen MR) is 76.0 cm³/mol. The number of aryl methyl sites for hydroxylation is 1. The zero-order valence-electron chi connectivity index (χ0n) is 11.3. The third-order valence-corrected chi connectivity index (χ3v) is 4.12. The van der Waals surface area contributed by atoms with E-state index in [9.17, 15) is 0 Å². The van der Waals surface area contributed by atoms with Crippen molar-refractivity contribution in [2.24, 2.45) is 0 Å². The number of ether oxygens (including phenoxy) is 1. The number of thiophene rings is 1. The molecule has 0 saturated carbocycles. The van der Waals surface area contributed by atoms with E-state index in [1.807, 2.05) is 11.3 Å². The van der Waals surface area contributed by atoms with E-state index in [1.165, 1.54) is 16.2 Å². The number of nitrogens with one attached hydrogen (secondary N) is 1. The summed E-state index contributed by atoms with van der Waals surface area (Å²) in [5, 5.41) is 3.61. The van der Waals surface area contributed by atoms with E-state index in [-0.39, 0.29) is 0 Å². The highest BCUT2D eigenvalue weighted by Gasteiger charge is 2.10. The fraction of sp³-hybridized carbons (Fsp3) is 0.714. The molecule has 0 radical (unpaired) electrons. The molecule has 0 aliphatic rings. The Labute approximate surface area is 109 Å². The van der Waals surface area contributed by atoms with Crippen LogP contribution in [0.5, 0.6) is 0 Å². The average Bonchev–Trinajstić information content (AvgIpc) is 2.80. The molecule has 0 saturated heterocycles. The monoisotopic (exact) mass is 255 g/mol. The maximum atomic E-state index is 5.18. The Morgan fingerprint density at radius 3 is 2.65 bits per heavy atom. The van der Waals surface area contributed by atoms with Gasteiger partial charge in [-0.3, -0.25) is 0 Å². The second-order valence-electron chi connectivity index (χ2n) is 4.36. The Balaban J connectivity index is 2.45. The molecule has 1 aromatic heterocycles. The summed E-state index contributed by atoms with van der Waals surface area (Å²) in [5.74, 6) is 0. The summed E-state index contributed by atoms with van der Waals surface area (Å²) in [6.45, 7) is 6.36. The predicted octanol–water partition coefficient (Wildman–Crippen LogP) is 3.26. The van der Waals surface area contributed by atoms with Crippen molar-refractivity contribution in [3.05, 3.63) is 21.9 Å². The fourth-order valence-electron chi connectivity index (χ4n) is 1.85. The van der Waals surface area contributed by atoms with Crippen LogP contribution >= 0.6 is 11.3 Å². The quantitative estimate of drug-likeness (QED) is 0.731. The Bertz CT molecular complexity index is 290. The van der Waals surface area contributed by atoms with Gasteiger partial charge >= 0.3 is 0 Å². The summed E-state index contributed by atoms with van der Waals surface area (Å²) in [7, 11) is 1.78. The van der Waals surface area contributed by atoms with E-state index in [4.69, 9.17) is 4.74 Å². The molecule has 1 heterocycles. The van der Waals surface area contributed by atoms with Gasteiger partial charge in [0, 0.05) is 29.5 Å². The Morgan fingerprint density at radius 2 is 2.06 bits per heavy atom. The third kappa shape index (κ3) is 5.66. The normalized spacial score (nSPS) is 12.9. The van der Waals surface area contributed by atoms with Crippen molar-refractivity contribution in [3.8, 4) is 0 Å². The second-order valence-corrected chi connectivity index (χ2v) is 5.61. The number of hydrogen-bond donors (Lipinski definition) is 1. The summed E-state index contributed by atoms with van der Waals surface area (Å²) in [6, 6.07) is 5.09. The van der Waals surface area contributed by atoms with Gasteiger partial charge in [0.15, 0.2) is 0 Å². The summed E-state index contributed by atoms with van der Waals surface area (Å²) < 4.78 is 5.18. The number of methoxy groups -OCH3 is 1. The molecule has 2 nitrogen and oxygen atoms in total. The Kier molecular flexibility index (Phi) is 7.49. The summed E-state index contributed by atoms with van der Waals surface area (Å²) in [5.41, 5.74) is 0. The van der Waals surface area contributed by atoms with Gasteiger partial charge in [-0.1, -0.05) is 13.8 Å². The van der Waals surface area contributed by atoms with E-state index in [0.717, 1.165) is 32.4 Å². The lowest BCUT2D eigenvalue weighted by atomic mass is 10.1. The first-order valence-electron chi connectivity index (χ1n) is 6.60. The summed E-state index contributed by atoms with van der Waals surface area (Å²) >= 11 is 1.95. The molecule has 0 spiro atoms. The minimum absolute atomic E-state index is 0.554. The number of rotatable bonds is 9. The minimum atomic E-state index is 0.554. The van der Waals surface area contributed by atoms with Crippen molar-refractivity contribution >= 4 is 11.3 Å². The van der Waals surface area contributed by atoms with Gasteiger partial charge in [0.1, 0.15) is 0 Å². The molecule has 0 aliphatic heterocycles. The lowest BCUT2D eigenvalue weighted by Crippen LogP contribution is -2.32. The standard InChI is InChI=1S/C14H25NOS/c1-4-9-15-12(8-10-16-3)11-14-7-6-13(5-2)17-14/h6-7,12,15H,4-5,8-11H2,1-3H3. The molecule has 1 atom stereocenters. The van der Waals surface area contributed by atoms with Gasteiger partial charge in [-0.2, -0.15) is 0 Å². The highest BCUT2D eigenvalue weighted by Crippen LogP contribution is 2.19. The molecular weight excluding hydrogens is 230 g/mol. The van der Waals surface area contributed by atoms with Crippen LogP contribution in [-0.2, 0) is 17.6 Å². The zero-order chi connectivity index (χ0) is 12.5. The van der Waals surface area contributed by atoms with Crippen LogP contribution in [0.25, 0.3) is 0 Å². The first kappa shape index (κ1) is 14.7. The molecule has 17 heavy (non-hydrogen) atoms. The van der Waals surface area contributed by atoms with Crippen molar-refractivity contribution in [2.75, 3.05) is 20.3 Å². The van der Waals surface area contributed by atoms with Crippen LogP contribution in [0.2, 0.25) is 0 Å². The van der Waals surface area contributed by atoms with Crippen molar-refractivity contribution in [2.45, 2.75) is 45.6 Å². The molecule has 0 amide bonds. The van der Waals surface area contributed by atoms with Gasteiger partial charge < -0.3 is 10.1 Å². The van der Waals surface area contributed by atoms with Crippen molar-refractivity contribution in [3.63, 3.8) is 0 Å². The fourth-order valence-corrected chi connectivity index (χ4v) is 2.89. The molecule has 0 aromatic carbocycles.